The van der Waals surface area contributed by atoms with E-state index in [0.717, 1.165) is 11.4 Å². The molecule has 0 aliphatic heterocycles. The largest absolute Gasteiger partial charge is 0.356 e. The van der Waals surface area contributed by atoms with E-state index in [1.807, 2.05) is 6.07 Å². The molecule has 5 aromatic carbocycles. The van der Waals surface area contributed by atoms with Crippen molar-refractivity contribution in [2.75, 3.05) is 5.32 Å². The van der Waals surface area contributed by atoms with Gasteiger partial charge in [-0.1, -0.05) is 86.7 Å². The molecule has 162 valence electrons. The van der Waals surface area contributed by atoms with Crippen LogP contribution in [0.5, 0.6) is 0 Å². The maximum atomic E-state index is 3.61. The molecule has 1 N–H and O–H groups in total. The number of fused-ring (bicyclic) bond motifs is 8. The van der Waals surface area contributed by atoms with Crippen molar-refractivity contribution in [2.24, 2.45) is 5.41 Å². The van der Waals surface area contributed by atoms with Gasteiger partial charge in [-0.3, -0.25) is 0 Å². The molecular weight excluding hydrogens is 410 g/mol. The lowest BCUT2D eigenvalue weighted by Crippen LogP contribution is -2.28. The predicted molar refractivity (Wildman–Crippen MR) is 146 cm³/mol. The second kappa shape index (κ2) is 6.95. The molecule has 0 heterocycles. The first-order valence-corrected chi connectivity index (χ1v) is 12.0. The Kier molecular flexibility index (Phi) is 3.96. The highest BCUT2D eigenvalue weighted by molar-refractivity contribution is 6.25. The summed E-state index contributed by atoms with van der Waals surface area (Å²) in [5.41, 5.74) is 4.91. The molecule has 5 aromatic rings. The van der Waals surface area contributed by atoms with Gasteiger partial charge in [0.05, 0.1) is 0 Å². The van der Waals surface area contributed by atoms with Crippen LogP contribution in [0.3, 0.4) is 0 Å². The molecule has 0 unspecified atom stereocenters. The van der Waals surface area contributed by atoms with Crippen LogP contribution in [0.4, 0.5) is 5.69 Å². The van der Waals surface area contributed by atoms with Crippen LogP contribution in [-0.4, -0.2) is 0 Å². The molecule has 0 spiro atoms. The Labute approximate surface area is 199 Å². The van der Waals surface area contributed by atoms with Gasteiger partial charge < -0.3 is 5.32 Å². The van der Waals surface area contributed by atoms with Crippen molar-refractivity contribution >= 4 is 49.7 Å². The minimum atomic E-state index is -0.0801. The fourth-order valence-corrected chi connectivity index (χ4v) is 5.96. The lowest BCUT2D eigenvalue weighted by molar-refractivity contribution is 0.639. The maximum Gasteiger partial charge on any atom is 0.0384 e. The van der Waals surface area contributed by atoms with Crippen molar-refractivity contribution in [1.29, 1.82) is 0 Å². The predicted octanol–water partition coefficient (Wildman–Crippen LogP) is 7.05. The first-order chi connectivity index (χ1) is 16.6. The molecule has 2 aliphatic carbocycles. The summed E-state index contributed by atoms with van der Waals surface area (Å²) < 4.78 is 0. The van der Waals surface area contributed by atoms with Gasteiger partial charge in [0.1, 0.15) is 0 Å². The van der Waals surface area contributed by atoms with Crippen LogP contribution in [0.15, 0.2) is 114 Å². The number of allylic oxidation sites excluding steroid dienone is 3. The number of para-hydroxylation sites is 1. The third-order valence-corrected chi connectivity index (χ3v) is 7.32. The normalized spacial score (nSPS) is 16.1. The zero-order valence-electron chi connectivity index (χ0n) is 19.4. The average Bonchev–Trinajstić information content (AvgIpc) is 3.21. The molecule has 7 rings (SSSR count). The van der Waals surface area contributed by atoms with Crippen LogP contribution in [0.2, 0.25) is 0 Å². The Morgan fingerprint density at radius 1 is 0.588 bits per heavy atom. The van der Waals surface area contributed by atoms with Crippen molar-refractivity contribution in [3.63, 3.8) is 0 Å². The third-order valence-electron chi connectivity index (χ3n) is 7.32. The minimum absolute atomic E-state index is 0.0801. The Bertz CT molecular complexity index is 1830. The van der Waals surface area contributed by atoms with E-state index < -0.39 is 0 Å². The zero-order valence-corrected chi connectivity index (χ0v) is 19.4. The van der Waals surface area contributed by atoms with Gasteiger partial charge in [-0.05, 0) is 90.3 Å². The summed E-state index contributed by atoms with van der Waals surface area (Å²) in [6, 6.07) is 32.9. The highest BCUT2D eigenvalue weighted by atomic mass is 14.9. The van der Waals surface area contributed by atoms with Crippen LogP contribution < -0.4 is 15.8 Å². The highest BCUT2D eigenvalue weighted by Crippen LogP contribution is 2.42. The summed E-state index contributed by atoms with van der Waals surface area (Å²) in [6.45, 7) is 4.65. The van der Waals surface area contributed by atoms with Gasteiger partial charge in [0.15, 0.2) is 0 Å². The van der Waals surface area contributed by atoms with Crippen molar-refractivity contribution < 1.29 is 0 Å². The fraction of sp³-hybridized carbons (Fsp3) is 0.0909. The summed E-state index contributed by atoms with van der Waals surface area (Å²) in [5, 5.41) is 14.3. The molecular formula is C33H25N. The monoisotopic (exact) mass is 435 g/mol. The maximum absolute atomic E-state index is 3.61. The van der Waals surface area contributed by atoms with Crippen LogP contribution in [0.1, 0.15) is 13.8 Å². The standard InChI is InChI=1S/C33H25N/c1-33(2)20-24(34-23-10-4-3-5-11-23)17-22-16-21-18-30-27-14-8-6-12-25(27)26-13-7-9-15-28(26)31(30)19-29(21)32(22)33/h3-20,34H,1-2H3. The third kappa shape index (κ3) is 2.80. The van der Waals surface area contributed by atoms with E-state index in [2.05, 4.69) is 122 Å². The van der Waals surface area contributed by atoms with Crippen molar-refractivity contribution in [3.8, 4) is 0 Å². The Morgan fingerprint density at radius 2 is 1.15 bits per heavy atom. The van der Waals surface area contributed by atoms with Gasteiger partial charge in [0, 0.05) is 16.8 Å². The molecule has 2 aliphatic rings. The van der Waals surface area contributed by atoms with Gasteiger partial charge in [-0.25, -0.2) is 0 Å². The van der Waals surface area contributed by atoms with Crippen LogP contribution >= 0.6 is 0 Å². The summed E-state index contributed by atoms with van der Waals surface area (Å²) in [7, 11) is 0. The SMILES string of the molecule is CC1(C)C=C(Nc2ccccc2)C=C2C=c3cc4c5ccccc5c5ccccc5c4cc3=C21. The van der Waals surface area contributed by atoms with E-state index in [0.29, 0.717) is 0 Å². The molecule has 0 saturated heterocycles. The summed E-state index contributed by atoms with van der Waals surface area (Å²) in [4.78, 5) is 0. The molecule has 0 amide bonds. The number of hydrogen-bond donors (Lipinski definition) is 1. The Balaban J connectivity index is 1.52. The van der Waals surface area contributed by atoms with Crippen LogP contribution in [0.25, 0.3) is 44.0 Å². The minimum Gasteiger partial charge on any atom is -0.356 e. The molecule has 0 saturated carbocycles. The van der Waals surface area contributed by atoms with Gasteiger partial charge in [-0.15, -0.1) is 0 Å². The smallest absolute Gasteiger partial charge is 0.0384 e. The van der Waals surface area contributed by atoms with E-state index in [1.165, 1.54) is 53.9 Å². The molecule has 0 radical (unpaired) electrons. The second-order valence-electron chi connectivity index (χ2n) is 10.0. The molecule has 1 heteroatoms. The summed E-state index contributed by atoms with van der Waals surface area (Å²) in [6.07, 6.45) is 7.04. The molecule has 34 heavy (non-hydrogen) atoms. The number of nitrogens with one attached hydrogen (secondary N) is 1. The van der Waals surface area contributed by atoms with Gasteiger partial charge >= 0.3 is 0 Å². The fourth-order valence-electron chi connectivity index (χ4n) is 5.96. The van der Waals surface area contributed by atoms with Crippen molar-refractivity contribution in [3.05, 3.63) is 125 Å². The van der Waals surface area contributed by atoms with Crippen molar-refractivity contribution in [2.45, 2.75) is 13.8 Å². The summed E-state index contributed by atoms with van der Waals surface area (Å²) in [5.74, 6) is 0. The topological polar surface area (TPSA) is 12.0 Å². The van der Waals surface area contributed by atoms with E-state index >= 15 is 0 Å². The summed E-state index contributed by atoms with van der Waals surface area (Å²) >= 11 is 0. The van der Waals surface area contributed by atoms with E-state index in [9.17, 15) is 0 Å². The van der Waals surface area contributed by atoms with Gasteiger partial charge in [0.2, 0.25) is 0 Å². The lowest BCUT2D eigenvalue weighted by Gasteiger charge is -2.30. The van der Waals surface area contributed by atoms with Crippen LogP contribution in [-0.2, 0) is 0 Å². The number of hydrogen-bond acceptors (Lipinski definition) is 1. The quantitative estimate of drug-likeness (QED) is 0.293. The van der Waals surface area contributed by atoms with E-state index in [4.69, 9.17) is 0 Å². The first kappa shape index (κ1) is 19.4. The van der Waals surface area contributed by atoms with Gasteiger partial charge in [-0.2, -0.15) is 0 Å². The molecule has 1 nitrogen and oxygen atoms in total. The van der Waals surface area contributed by atoms with E-state index in [1.54, 1.807) is 0 Å². The number of anilines is 1. The molecule has 0 atom stereocenters. The highest BCUT2D eigenvalue weighted by Gasteiger charge is 2.30. The second-order valence-corrected chi connectivity index (χ2v) is 10.0. The zero-order chi connectivity index (χ0) is 22.9. The van der Waals surface area contributed by atoms with Gasteiger partial charge in [0.25, 0.3) is 0 Å². The van der Waals surface area contributed by atoms with E-state index in [-0.39, 0.29) is 5.41 Å². The first-order valence-electron chi connectivity index (χ1n) is 12.0. The van der Waals surface area contributed by atoms with Crippen molar-refractivity contribution in [1.82, 2.24) is 0 Å². The molecule has 0 fully saturated rings. The van der Waals surface area contributed by atoms with Crippen LogP contribution in [0, 0.1) is 5.41 Å². The molecule has 0 aromatic heterocycles. The number of benzene rings is 5. The Hall–Kier alpha value is -4.10. The average molecular weight is 436 g/mol. The number of rotatable bonds is 2. The lowest BCUT2D eigenvalue weighted by atomic mass is 9.76. The Morgan fingerprint density at radius 3 is 1.79 bits per heavy atom. The molecule has 0 bridgehead atoms.